The number of carbonyl (C=O) groups is 2. The second kappa shape index (κ2) is 7.57. The Hall–Kier alpha value is -2.62. The van der Waals surface area contributed by atoms with Gasteiger partial charge in [0, 0.05) is 12.0 Å². The number of hydrogen-bond donors (Lipinski definition) is 0. The van der Waals surface area contributed by atoms with Gasteiger partial charge in [-0.3, -0.25) is 9.59 Å². The van der Waals surface area contributed by atoms with Crippen molar-refractivity contribution in [1.29, 1.82) is 0 Å². The number of amides is 2. The van der Waals surface area contributed by atoms with Crippen LogP contribution in [0.5, 0.6) is 0 Å². The Labute approximate surface area is 185 Å². The molecule has 0 N–H and O–H groups in total. The molecule has 1 fully saturated rings. The van der Waals surface area contributed by atoms with Crippen molar-refractivity contribution >= 4 is 62.2 Å². The highest BCUT2D eigenvalue weighted by Gasteiger charge is 2.40. The lowest BCUT2D eigenvalue weighted by atomic mass is 10.2. The average Bonchev–Trinajstić information content (AvgIpc) is 3.40. The Balaban J connectivity index is 1.37. The fraction of sp³-hybridized carbons (Fsp3) is 0.190. The van der Waals surface area contributed by atoms with Crippen LogP contribution in [0.3, 0.4) is 0 Å². The molecule has 0 spiro atoms. The minimum atomic E-state index is -0.461. The second-order valence-corrected chi connectivity index (χ2v) is 10.7. The number of thiazole rings is 1. The fourth-order valence-corrected chi connectivity index (χ4v) is 6.48. The van der Waals surface area contributed by atoms with Gasteiger partial charge in [-0.25, -0.2) is 9.88 Å². The number of imide groups is 1. The molecule has 1 unspecified atom stereocenters. The van der Waals surface area contributed by atoms with E-state index >= 15 is 0 Å². The first-order valence-corrected chi connectivity index (χ1v) is 11.8. The third kappa shape index (κ3) is 3.53. The molecule has 2 amide bonds. The van der Waals surface area contributed by atoms with Gasteiger partial charge in [0.15, 0.2) is 4.34 Å². The molecule has 4 aromatic rings. The molecule has 150 valence electrons. The van der Waals surface area contributed by atoms with Crippen LogP contribution in [-0.2, 0) is 9.59 Å². The van der Waals surface area contributed by atoms with Crippen molar-refractivity contribution in [2.75, 3.05) is 4.90 Å². The number of aryl methyl sites for hydroxylation is 2. The number of hydrogen-bond acceptors (Lipinski definition) is 8. The molecule has 1 aliphatic heterocycles. The Morgan fingerprint density at radius 1 is 1.03 bits per heavy atom. The van der Waals surface area contributed by atoms with Crippen LogP contribution >= 0.6 is 34.4 Å². The molecule has 0 saturated carbocycles. The quantitative estimate of drug-likeness (QED) is 0.412. The van der Waals surface area contributed by atoms with E-state index in [1.165, 1.54) is 33.6 Å². The van der Waals surface area contributed by atoms with E-state index in [1.54, 1.807) is 11.3 Å². The van der Waals surface area contributed by atoms with Crippen molar-refractivity contribution in [3.8, 4) is 10.6 Å². The predicted octanol–water partition coefficient (Wildman–Crippen LogP) is 4.86. The van der Waals surface area contributed by atoms with Crippen molar-refractivity contribution in [2.45, 2.75) is 29.9 Å². The predicted molar refractivity (Wildman–Crippen MR) is 121 cm³/mol. The third-order valence-corrected chi connectivity index (χ3v) is 7.95. The number of rotatable bonds is 4. The van der Waals surface area contributed by atoms with E-state index in [0.717, 1.165) is 25.8 Å². The van der Waals surface area contributed by atoms with E-state index < -0.39 is 5.25 Å². The molecule has 1 atom stereocenters. The van der Waals surface area contributed by atoms with Gasteiger partial charge in [0.05, 0.1) is 15.9 Å². The summed E-state index contributed by atoms with van der Waals surface area (Å²) in [4.78, 5) is 31.4. The molecular weight excluding hydrogens is 436 g/mol. The SMILES string of the molecule is Cc1ccc2nc(-c3ccc(N4C(=O)CC(Sc5nnc(C)s5)C4=O)cc3)sc2c1. The topological polar surface area (TPSA) is 76.1 Å². The van der Waals surface area contributed by atoms with Gasteiger partial charge in [0.2, 0.25) is 11.8 Å². The zero-order chi connectivity index (χ0) is 20.8. The van der Waals surface area contributed by atoms with E-state index in [4.69, 9.17) is 4.98 Å². The molecule has 2 aromatic carbocycles. The third-order valence-electron chi connectivity index (χ3n) is 4.77. The van der Waals surface area contributed by atoms with E-state index in [1.807, 2.05) is 37.3 Å². The van der Waals surface area contributed by atoms with E-state index in [9.17, 15) is 9.59 Å². The van der Waals surface area contributed by atoms with Gasteiger partial charge in [-0.1, -0.05) is 29.2 Å². The van der Waals surface area contributed by atoms with Crippen LogP contribution < -0.4 is 4.90 Å². The summed E-state index contributed by atoms with van der Waals surface area (Å²) in [5.74, 6) is -0.400. The molecule has 1 aliphatic rings. The van der Waals surface area contributed by atoms with Crippen LogP contribution in [0.1, 0.15) is 17.0 Å². The second-order valence-electron chi connectivity index (χ2n) is 7.00. The largest absolute Gasteiger partial charge is 0.274 e. The number of anilines is 1. The van der Waals surface area contributed by atoms with E-state index in [-0.39, 0.29) is 18.2 Å². The molecule has 0 aliphatic carbocycles. The van der Waals surface area contributed by atoms with Gasteiger partial charge in [0.1, 0.15) is 15.3 Å². The number of nitrogens with zero attached hydrogens (tertiary/aromatic N) is 4. The first-order valence-electron chi connectivity index (χ1n) is 9.29. The average molecular weight is 453 g/mol. The van der Waals surface area contributed by atoms with Gasteiger partial charge in [-0.15, -0.1) is 21.5 Å². The lowest BCUT2D eigenvalue weighted by molar-refractivity contribution is -0.121. The summed E-state index contributed by atoms with van der Waals surface area (Å²) in [6.45, 7) is 3.93. The van der Waals surface area contributed by atoms with E-state index in [0.29, 0.717) is 10.0 Å². The van der Waals surface area contributed by atoms with Crippen LogP contribution in [0, 0.1) is 13.8 Å². The highest BCUT2D eigenvalue weighted by molar-refractivity contribution is 8.02. The summed E-state index contributed by atoms with van der Waals surface area (Å²) in [7, 11) is 0. The number of thioether (sulfide) groups is 1. The lowest BCUT2D eigenvalue weighted by Crippen LogP contribution is -2.31. The minimum absolute atomic E-state index is 0.168. The summed E-state index contributed by atoms with van der Waals surface area (Å²) in [6.07, 6.45) is 0.168. The van der Waals surface area contributed by atoms with Crippen LogP contribution in [0.2, 0.25) is 0 Å². The van der Waals surface area contributed by atoms with Gasteiger partial charge < -0.3 is 0 Å². The highest BCUT2D eigenvalue weighted by atomic mass is 32.2. The monoisotopic (exact) mass is 452 g/mol. The first kappa shape index (κ1) is 19.3. The zero-order valence-electron chi connectivity index (χ0n) is 16.2. The maximum atomic E-state index is 12.9. The Morgan fingerprint density at radius 2 is 1.83 bits per heavy atom. The standard InChI is InChI=1S/C21H16N4O2S3/c1-11-3-8-15-16(9-11)29-19(22-15)13-4-6-14(7-5-13)25-18(26)10-17(20(25)27)30-21-24-23-12(2)28-21/h3-9,17H,10H2,1-2H3. The summed E-state index contributed by atoms with van der Waals surface area (Å²) in [6, 6.07) is 13.7. The van der Waals surface area contributed by atoms with Crippen LogP contribution in [-0.4, -0.2) is 32.2 Å². The van der Waals surface area contributed by atoms with Crippen molar-refractivity contribution in [3.05, 3.63) is 53.0 Å². The summed E-state index contributed by atoms with van der Waals surface area (Å²) in [5, 5.41) is 9.32. The van der Waals surface area contributed by atoms with Gasteiger partial charge >= 0.3 is 0 Å². The molecule has 0 bridgehead atoms. The van der Waals surface area contributed by atoms with Gasteiger partial charge in [0.25, 0.3) is 0 Å². The summed E-state index contributed by atoms with van der Waals surface area (Å²) >= 11 is 4.37. The molecule has 1 saturated heterocycles. The molecule has 0 radical (unpaired) electrons. The molecule has 6 nitrogen and oxygen atoms in total. The van der Waals surface area contributed by atoms with Crippen molar-refractivity contribution in [1.82, 2.24) is 15.2 Å². The smallest absolute Gasteiger partial charge is 0.247 e. The highest BCUT2D eigenvalue weighted by Crippen LogP contribution is 2.36. The minimum Gasteiger partial charge on any atom is -0.274 e. The van der Waals surface area contributed by atoms with Crippen molar-refractivity contribution in [3.63, 3.8) is 0 Å². The molecule has 9 heteroatoms. The summed E-state index contributed by atoms with van der Waals surface area (Å²) in [5.41, 5.74) is 3.73. The Kier molecular flexibility index (Phi) is 4.88. The fourth-order valence-electron chi connectivity index (χ4n) is 3.32. The van der Waals surface area contributed by atoms with Gasteiger partial charge in [-0.2, -0.15) is 0 Å². The Bertz CT molecular complexity index is 1280. The molecule has 2 aromatic heterocycles. The Morgan fingerprint density at radius 3 is 2.57 bits per heavy atom. The zero-order valence-corrected chi connectivity index (χ0v) is 18.6. The molecular formula is C21H16N4O2S3. The maximum absolute atomic E-state index is 12.9. The first-order chi connectivity index (χ1) is 14.5. The van der Waals surface area contributed by atoms with Crippen LogP contribution in [0.25, 0.3) is 20.8 Å². The van der Waals surface area contributed by atoms with Crippen LogP contribution in [0.4, 0.5) is 5.69 Å². The maximum Gasteiger partial charge on any atom is 0.247 e. The summed E-state index contributed by atoms with van der Waals surface area (Å²) < 4.78 is 1.85. The molecule has 30 heavy (non-hydrogen) atoms. The van der Waals surface area contributed by atoms with Crippen molar-refractivity contribution in [2.24, 2.45) is 0 Å². The number of benzene rings is 2. The number of fused-ring (bicyclic) bond motifs is 1. The van der Waals surface area contributed by atoms with Crippen molar-refractivity contribution < 1.29 is 9.59 Å². The number of carbonyl (C=O) groups excluding carboxylic acids is 2. The van der Waals surface area contributed by atoms with Gasteiger partial charge in [-0.05, 0) is 55.8 Å². The lowest BCUT2D eigenvalue weighted by Gasteiger charge is -2.14. The molecule has 5 rings (SSSR count). The number of aromatic nitrogens is 3. The molecule has 3 heterocycles. The van der Waals surface area contributed by atoms with E-state index in [2.05, 4.69) is 29.3 Å². The normalized spacial score (nSPS) is 16.7. The van der Waals surface area contributed by atoms with Crippen LogP contribution in [0.15, 0.2) is 46.8 Å².